The number of fused-ring (bicyclic) bond motifs is 4. The van der Waals surface area contributed by atoms with Gasteiger partial charge in [-0.2, -0.15) is 0 Å². The van der Waals surface area contributed by atoms with Gasteiger partial charge in [-0.1, -0.05) is 39.7 Å². The van der Waals surface area contributed by atoms with Crippen molar-refractivity contribution in [1.82, 2.24) is 0 Å². The molecule has 2 fully saturated rings. The summed E-state index contributed by atoms with van der Waals surface area (Å²) in [6, 6.07) is 0. The molecule has 0 heterocycles. The summed E-state index contributed by atoms with van der Waals surface area (Å²) in [5.74, 6) is -0.670. The number of aliphatic hydroxyl groups excluding tert-OH is 1. The molecule has 0 spiro atoms. The summed E-state index contributed by atoms with van der Waals surface area (Å²) in [6.45, 7) is 8.48. The second-order valence-electron chi connectivity index (χ2n) is 10.5. The second kappa shape index (κ2) is 5.21. The van der Waals surface area contributed by atoms with Gasteiger partial charge in [0.2, 0.25) is 0 Å². The summed E-state index contributed by atoms with van der Waals surface area (Å²) < 4.78 is 0. The molecule has 0 aromatic heterocycles. The van der Waals surface area contributed by atoms with Gasteiger partial charge in [0.1, 0.15) is 5.41 Å². The first kappa shape index (κ1) is 18.2. The van der Waals surface area contributed by atoms with Crippen LogP contribution in [0.1, 0.15) is 79.1 Å². The van der Waals surface area contributed by atoms with Gasteiger partial charge < -0.3 is 10.2 Å². The van der Waals surface area contributed by atoms with E-state index in [1.807, 2.05) is 0 Å². The number of hydrogen-bond donors (Lipinski definition) is 2. The Hall–Kier alpha value is -1.16. The van der Waals surface area contributed by atoms with Crippen molar-refractivity contribution in [3.05, 3.63) is 11.1 Å². The lowest BCUT2D eigenvalue weighted by atomic mass is 9.43. The minimum atomic E-state index is -0.994. The monoisotopic (exact) mass is 360 g/mol. The molecule has 4 heteroatoms. The van der Waals surface area contributed by atoms with Crippen molar-refractivity contribution >= 4 is 11.8 Å². The van der Waals surface area contributed by atoms with Crippen LogP contribution in [0, 0.1) is 27.6 Å². The molecule has 2 saturated carbocycles. The maximum Gasteiger partial charge on any atom is 0.314 e. The largest absolute Gasteiger partial charge is 0.481 e. The first-order valence-electron chi connectivity index (χ1n) is 10.2. The summed E-state index contributed by atoms with van der Waals surface area (Å²) in [5, 5.41) is 20.9. The molecule has 0 aliphatic heterocycles. The molecule has 4 aliphatic rings. The fourth-order valence-electron chi connectivity index (χ4n) is 7.43. The van der Waals surface area contributed by atoms with E-state index >= 15 is 0 Å². The SMILES string of the molecule is CC1(C)C2CC(=O)C3=C(CC[C@]4(C)CCC[C@@]34C(=O)O)[C@@]2(C)CC[C@@H]1O. The van der Waals surface area contributed by atoms with E-state index in [2.05, 4.69) is 27.7 Å². The number of hydrogen-bond acceptors (Lipinski definition) is 3. The van der Waals surface area contributed by atoms with Crippen molar-refractivity contribution in [3.8, 4) is 0 Å². The summed E-state index contributed by atoms with van der Waals surface area (Å²) in [6.07, 6.45) is 5.63. The van der Waals surface area contributed by atoms with Crippen LogP contribution in [0.4, 0.5) is 0 Å². The van der Waals surface area contributed by atoms with Gasteiger partial charge in [0.15, 0.2) is 5.78 Å². The number of carbonyl (C=O) groups excluding carboxylic acids is 1. The van der Waals surface area contributed by atoms with Crippen molar-refractivity contribution < 1.29 is 19.8 Å². The summed E-state index contributed by atoms with van der Waals surface area (Å²) in [5.41, 5.74) is 0.000924. The van der Waals surface area contributed by atoms with Gasteiger partial charge >= 0.3 is 5.97 Å². The number of Topliss-reactive ketones (excluding diaryl/α,β-unsaturated/α-hetero) is 1. The zero-order valence-electron chi connectivity index (χ0n) is 16.5. The maximum atomic E-state index is 13.4. The van der Waals surface area contributed by atoms with Gasteiger partial charge in [-0.15, -0.1) is 0 Å². The number of carboxylic acids is 1. The number of ketones is 1. The second-order valence-corrected chi connectivity index (χ2v) is 10.5. The molecule has 0 bridgehead atoms. The molecular weight excluding hydrogens is 328 g/mol. The van der Waals surface area contributed by atoms with E-state index in [1.165, 1.54) is 0 Å². The van der Waals surface area contributed by atoms with Crippen molar-refractivity contribution in [3.63, 3.8) is 0 Å². The van der Waals surface area contributed by atoms with Gasteiger partial charge in [-0.05, 0) is 60.7 Å². The molecule has 0 amide bonds. The van der Waals surface area contributed by atoms with Crippen molar-refractivity contribution in [2.75, 3.05) is 0 Å². The highest BCUT2D eigenvalue weighted by Crippen LogP contribution is 2.69. The molecule has 1 unspecified atom stereocenters. The van der Waals surface area contributed by atoms with Gasteiger partial charge in [-0.3, -0.25) is 9.59 Å². The van der Waals surface area contributed by atoms with Crippen LogP contribution < -0.4 is 0 Å². The Kier molecular flexibility index (Phi) is 3.65. The van der Waals surface area contributed by atoms with E-state index in [0.717, 1.165) is 44.1 Å². The molecular formula is C22H32O4. The minimum Gasteiger partial charge on any atom is -0.481 e. The molecule has 4 nitrogen and oxygen atoms in total. The summed E-state index contributed by atoms with van der Waals surface area (Å²) >= 11 is 0. The average molecular weight is 360 g/mol. The Bertz CT molecular complexity index is 720. The number of aliphatic hydroxyl groups is 1. The third-order valence-corrected chi connectivity index (χ3v) is 9.15. The molecule has 0 saturated heterocycles. The Morgan fingerprint density at radius 1 is 1.08 bits per heavy atom. The molecule has 144 valence electrons. The number of aliphatic carboxylic acids is 1. The topological polar surface area (TPSA) is 74.6 Å². The van der Waals surface area contributed by atoms with E-state index in [0.29, 0.717) is 18.4 Å². The zero-order valence-corrected chi connectivity index (χ0v) is 16.5. The highest BCUT2D eigenvalue weighted by Gasteiger charge is 2.67. The Morgan fingerprint density at radius 2 is 1.77 bits per heavy atom. The Labute approximate surface area is 156 Å². The van der Waals surface area contributed by atoms with Crippen LogP contribution in [0.5, 0.6) is 0 Å². The maximum absolute atomic E-state index is 13.4. The van der Waals surface area contributed by atoms with Crippen molar-refractivity contribution in [2.24, 2.45) is 27.6 Å². The van der Waals surface area contributed by atoms with E-state index in [-0.39, 0.29) is 27.9 Å². The fourth-order valence-corrected chi connectivity index (χ4v) is 7.43. The van der Waals surface area contributed by atoms with Crippen LogP contribution in [-0.2, 0) is 9.59 Å². The van der Waals surface area contributed by atoms with Crippen LogP contribution in [0.2, 0.25) is 0 Å². The first-order valence-corrected chi connectivity index (χ1v) is 10.2. The molecule has 0 aromatic carbocycles. The quantitative estimate of drug-likeness (QED) is 0.738. The molecule has 5 atom stereocenters. The lowest BCUT2D eigenvalue weighted by Crippen LogP contribution is -2.58. The van der Waals surface area contributed by atoms with Gasteiger partial charge in [0.05, 0.1) is 6.10 Å². The predicted octanol–water partition coefficient (Wildman–Crippen LogP) is 4.11. The van der Waals surface area contributed by atoms with Crippen molar-refractivity contribution in [1.29, 1.82) is 0 Å². The molecule has 26 heavy (non-hydrogen) atoms. The summed E-state index contributed by atoms with van der Waals surface area (Å²) in [7, 11) is 0. The van der Waals surface area contributed by atoms with Crippen LogP contribution in [0.15, 0.2) is 11.1 Å². The van der Waals surface area contributed by atoms with E-state index < -0.39 is 17.5 Å². The number of carboxylic acid groups (broad SMARTS) is 1. The number of allylic oxidation sites excluding steroid dienone is 1. The minimum absolute atomic E-state index is 0.0416. The highest BCUT2D eigenvalue weighted by molar-refractivity contribution is 6.05. The lowest BCUT2D eigenvalue weighted by molar-refractivity contribution is -0.157. The van der Waals surface area contributed by atoms with Crippen LogP contribution in [0.25, 0.3) is 0 Å². The molecule has 4 rings (SSSR count). The number of carbonyl (C=O) groups is 2. The molecule has 0 aromatic rings. The van der Waals surface area contributed by atoms with Crippen LogP contribution >= 0.6 is 0 Å². The third-order valence-electron chi connectivity index (χ3n) is 9.15. The third kappa shape index (κ3) is 1.89. The van der Waals surface area contributed by atoms with Crippen molar-refractivity contribution in [2.45, 2.75) is 85.2 Å². The summed E-state index contributed by atoms with van der Waals surface area (Å²) in [4.78, 5) is 26.0. The molecule has 0 radical (unpaired) electrons. The van der Waals surface area contributed by atoms with E-state index in [4.69, 9.17) is 0 Å². The smallest absolute Gasteiger partial charge is 0.314 e. The standard InChI is InChI=1S/C22H32O4/c1-19(2)15-12-14(23)17-13(21(15,4)11-7-16(19)24)6-10-20(3)8-5-9-22(17,20)18(25)26/h15-16,24H,5-12H2,1-4H3,(H,25,26)/t15?,16-,20-,21+,22-/m0/s1. The predicted molar refractivity (Wildman–Crippen MR) is 98.5 cm³/mol. The normalized spacial score (nSPS) is 47.2. The Morgan fingerprint density at radius 3 is 2.42 bits per heavy atom. The van der Waals surface area contributed by atoms with E-state index in [1.54, 1.807) is 0 Å². The fraction of sp³-hybridized carbons (Fsp3) is 0.818. The first-order chi connectivity index (χ1) is 12.0. The van der Waals surface area contributed by atoms with Crippen LogP contribution in [-0.4, -0.2) is 28.1 Å². The Balaban J connectivity index is 1.95. The number of rotatable bonds is 1. The van der Waals surface area contributed by atoms with Crippen LogP contribution in [0.3, 0.4) is 0 Å². The van der Waals surface area contributed by atoms with Gasteiger partial charge in [0.25, 0.3) is 0 Å². The molecule has 4 aliphatic carbocycles. The molecule has 2 N–H and O–H groups in total. The van der Waals surface area contributed by atoms with Gasteiger partial charge in [-0.25, -0.2) is 0 Å². The lowest BCUT2D eigenvalue weighted by Gasteiger charge is -2.60. The zero-order chi connectivity index (χ0) is 19.1. The highest BCUT2D eigenvalue weighted by atomic mass is 16.4. The van der Waals surface area contributed by atoms with Gasteiger partial charge in [0, 0.05) is 12.0 Å². The van der Waals surface area contributed by atoms with E-state index in [9.17, 15) is 19.8 Å². The average Bonchev–Trinajstić information content (AvgIpc) is 2.92.